The summed E-state index contributed by atoms with van der Waals surface area (Å²) in [7, 11) is 0. The highest BCUT2D eigenvalue weighted by molar-refractivity contribution is 9.10. The predicted molar refractivity (Wildman–Crippen MR) is 69.3 cm³/mol. The molecule has 0 bridgehead atoms. The van der Waals surface area contributed by atoms with Crippen molar-refractivity contribution >= 4 is 15.9 Å². The van der Waals surface area contributed by atoms with Crippen LogP contribution in [0.25, 0.3) is 0 Å². The molecule has 2 aromatic rings. The maximum absolute atomic E-state index is 13.4. The van der Waals surface area contributed by atoms with Gasteiger partial charge in [0, 0.05) is 5.56 Å². The molecule has 0 aliphatic rings. The first-order valence-corrected chi connectivity index (χ1v) is 6.18. The van der Waals surface area contributed by atoms with Gasteiger partial charge in [-0.05, 0) is 34.5 Å². The van der Waals surface area contributed by atoms with E-state index < -0.39 is 17.7 Å². The third-order valence-corrected chi connectivity index (χ3v) is 3.56. The summed E-state index contributed by atoms with van der Waals surface area (Å²) in [6, 6.07) is 9.60. The summed E-state index contributed by atoms with van der Waals surface area (Å²) in [5.74, 6) is -1.93. The summed E-state index contributed by atoms with van der Waals surface area (Å²) >= 11 is 2.97. The molecule has 0 amide bonds. The van der Waals surface area contributed by atoms with Gasteiger partial charge >= 0.3 is 0 Å². The van der Waals surface area contributed by atoms with E-state index in [2.05, 4.69) is 15.9 Å². The highest BCUT2D eigenvalue weighted by Gasteiger charge is 2.18. The van der Waals surface area contributed by atoms with Crippen LogP contribution in [-0.4, -0.2) is 5.11 Å². The van der Waals surface area contributed by atoms with Crippen molar-refractivity contribution in [1.29, 1.82) is 0 Å². The molecule has 0 aliphatic heterocycles. The summed E-state index contributed by atoms with van der Waals surface area (Å²) < 4.78 is 26.3. The minimum Gasteiger partial charge on any atom is -0.384 e. The number of aliphatic hydroxyl groups is 1. The molecule has 4 heteroatoms. The van der Waals surface area contributed by atoms with Crippen LogP contribution in [0.5, 0.6) is 0 Å². The Balaban J connectivity index is 2.43. The first-order chi connectivity index (χ1) is 8.50. The van der Waals surface area contributed by atoms with Gasteiger partial charge in [0.25, 0.3) is 0 Å². The second kappa shape index (κ2) is 5.16. The van der Waals surface area contributed by atoms with Gasteiger partial charge in [0.2, 0.25) is 0 Å². The smallest absolute Gasteiger partial charge is 0.173 e. The first-order valence-electron chi connectivity index (χ1n) is 5.38. The summed E-state index contributed by atoms with van der Waals surface area (Å²) in [5, 5.41) is 10.2. The normalized spacial score (nSPS) is 12.5. The van der Waals surface area contributed by atoms with Crippen molar-refractivity contribution < 1.29 is 13.9 Å². The quantitative estimate of drug-likeness (QED) is 0.827. The molecule has 18 heavy (non-hydrogen) atoms. The van der Waals surface area contributed by atoms with Gasteiger partial charge in [-0.15, -0.1) is 0 Å². The van der Waals surface area contributed by atoms with Crippen molar-refractivity contribution in [3.8, 4) is 0 Å². The fourth-order valence-electron chi connectivity index (χ4n) is 1.68. The molecule has 0 heterocycles. The lowest BCUT2D eigenvalue weighted by Crippen LogP contribution is -2.03. The van der Waals surface area contributed by atoms with Crippen LogP contribution in [-0.2, 0) is 0 Å². The zero-order valence-corrected chi connectivity index (χ0v) is 11.2. The monoisotopic (exact) mass is 312 g/mol. The van der Waals surface area contributed by atoms with E-state index in [-0.39, 0.29) is 4.47 Å². The van der Waals surface area contributed by atoms with E-state index in [0.717, 1.165) is 11.6 Å². The topological polar surface area (TPSA) is 20.2 Å². The average Bonchev–Trinajstić information content (AvgIpc) is 2.36. The van der Waals surface area contributed by atoms with Gasteiger partial charge in [0.05, 0.1) is 4.47 Å². The second-order valence-electron chi connectivity index (χ2n) is 4.08. The third-order valence-electron chi connectivity index (χ3n) is 2.75. The van der Waals surface area contributed by atoms with Gasteiger partial charge in [0.15, 0.2) is 11.6 Å². The van der Waals surface area contributed by atoms with Gasteiger partial charge < -0.3 is 5.11 Å². The molecule has 1 N–H and O–H groups in total. The lowest BCUT2D eigenvalue weighted by Gasteiger charge is -2.14. The Morgan fingerprint density at radius 1 is 1.06 bits per heavy atom. The summed E-state index contributed by atoms with van der Waals surface area (Å²) in [4.78, 5) is 0. The van der Waals surface area contributed by atoms with E-state index in [1.165, 1.54) is 6.07 Å². The molecule has 0 spiro atoms. The molecule has 0 aliphatic carbocycles. The molecule has 94 valence electrons. The minimum atomic E-state index is -0.991. The number of aryl methyl sites for hydroxylation is 1. The van der Waals surface area contributed by atoms with Crippen LogP contribution in [0.3, 0.4) is 0 Å². The molecule has 0 fully saturated rings. The molecule has 1 nitrogen and oxygen atoms in total. The van der Waals surface area contributed by atoms with Crippen molar-refractivity contribution in [3.63, 3.8) is 0 Å². The molecular formula is C14H11BrF2O. The number of halogens is 3. The number of rotatable bonds is 2. The fourth-order valence-corrected chi connectivity index (χ4v) is 2.22. The molecule has 1 atom stereocenters. The van der Waals surface area contributed by atoms with Gasteiger partial charge in [0.1, 0.15) is 6.10 Å². The lowest BCUT2D eigenvalue weighted by atomic mass is 10.0. The van der Waals surface area contributed by atoms with E-state index >= 15 is 0 Å². The van der Waals surface area contributed by atoms with Crippen LogP contribution >= 0.6 is 15.9 Å². The Morgan fingerprint density at radius 3 is 2.28 bits per heavy atom. The van der Waals surface area contributed by atoms with E-state index in [1.54, 1.807) is 12.1 Å². The fraction of sp³-hybridized carbons (Fsp3) is 0.143. The number of hydrogen-bond acceptors (Lipinski definition) is 1. The molecule has 0 saturated carbocycles. The Hall–Kier alpha value is -1.26. The second-order valence-corrected chi connectivity index (χ2v) is 4.87. The Labute approximate surface area is 112 Å². The SMILES string of the molecule is Cc1ccc(C(O)c2ccc(F)c(F)c2Br)cc1. The Kier molecular flexibility index (Phi) is 3.78. The van der Waals surface area contributed by atoms with Crippen LogP contribution in [0.15, 0.2) is 40.9 Å². The molecule has 0 saturated heterocycles. The zero-order valence-electron chi connectivity index (χ0n) is 9.62. The highest BCUT2D eigenvalue weighted by Crippen LogP contribution is 2.31. The van der Waals surface area contributed by atoms with Crippen molar-refractivity contribution in [3.05, 3.63) is 69.2 Å². The van der Waals surface area contributed by atoms with Crippen LogP contribution in [0.4, 0.5) is 8.78 Å². The molecule has 0 aromatic heterocycles. The van der Waals surface area contributed by atoms with E-state index in [9.17, 15) is 13.9 Å². The summed E-state index contributed by atoms with van der Waals surface area (Å²) in [6.07, 6.45) is -0.991. The molecular weight excluding hydrogens is 302 g/mol. The van der Waals surface area contributed by atoms with Gasteiger partial charge in [-0.1, -0.05) is 35.9 Å². The van der Waals surface area contributed by atoms with Gasteiger partial charge in [-0.2, -0.15) is 0 Å². The number of hydrogen-bond donors (Lipinski definition) is 1. The summed E-state index contributed by atoms with van der Waals surface area (Å²) in [6.45, 7) is 1.93. The largest absolute Gasteiger partial charge is 0.384 e. The van der Waals surface area contributed by atoms with E-state index in [4.69, 9.17) is 0 Å². The lowest BCUT2D eigenvalue weighted by molar-refractivity contribution is 0.218. The molecule has 2 aromatic carbocycles. The minimum absolute atomic E-state index is 0.0458. The third kappa shape index (κ3) is 2.44. The maximum atomic E-state index is 13.4. The van der Waals surface area contributed by atoms with Crippen molar-refractivity contribution in [2.75, 3.05) is 0 Å². The van der Waals surface area contributed by atoms with Crippen molar-refractivity contribution in [1.82, 2.24) is 0 Å². The van der Waals surface area contributed by atoms with Crippen LogP contribution < -0.4 is 0 Å². The molecule has 1 unspecified atom stereocenters. The summed E-state index contributed by atoms with van der Waals surface area (Å²) in [5.41, 5.74) is 2.00. The standard InChI is InChI=1S/C14H11BrF2O/c1-8-2-4-9(5-3-8)14(18)10-6-7-11(16)13(17)12(10)15/h2-7,14,18H,1H3. The van der Waals surface area contributed by atoms with Crippen molar-refractivity contribution in [2.24, 2.45) is 0 Å². The Bertz CT molecular complexity index is 567. The predicted octanol–water partition coefficient (Wildman–Crippen LogP) is 4.12. The number of benzene rings is 2. The van der Waals surface area contributed by atoms with Crippen molar-refractivity contribution in [2.45, 2.75) is 13.0 Å². The molecule has 2 rings (SSSR count). The van der Waals surface area contributed by atoms with Crippen LogP contribution in [0.2, 0.25) is 0 Å². The van der Waals surface area contributed by atoms with Gasteiger partial charge in [-0.3, -0.25) is 0 Å². The molecule has 0 radical (unpaired) electrons. The highest BCUT2D eigenvalue weighted by atomic mass is 79.9. The van der Waals surface area contributed by atoms with Crippen LogP contribution in [0.1, 0.15) is 22.8 Å². The Morgan fingerprint density at radius 2 is 1.67 bits per heavy atom. The average molecular weight is 313 g/mol. The zero-order chi connectivity index (χ0) is 13.3. The van der Waals surface area contributed by atoms with E-state index in [1.807, 2.05) is 19.1 Å². The number of aliphatic hydroxyl groups excluding tert-OH is 1. The first kappa shape index (κ1) is 13.2. The van der Waals surface area contributed by atoms with Crippen LogP contribution in [0, 0.1) is 18.6 Å². The van der Waals surface area contributed by atoms with Gasteiger partial charge in [-0.25, -0.2) is 8.78 Å². The van der Waals surface area contributed by atoms with E-state index in [0.29, 0.717) is 11.1 Å². The maximum Gasteiger partial charge on any atom is 0.173 e.